The van der Waals surface area contributed by atoms with Gasteiger partial charge in [0.15, 0.2) is 0 Å². The van der Waals surface area contributed by atoms with E-state index in [1.54, 1.807) is 0 Å². The van der Waals surface area contributed by atoms with Gasteiger partial charge in [-0.05, 0) is 30.9 Å². The highest BCUT2D eigenvalue weighted by Crippen LogP contribution is 2.32. The highest BCUT2D eigenvalue weighted by Gasteiger charge is 2.29. The maximum Gasteiger partial charge on any atom is 0.137 e. The standard InChI is InChI=1S/C13H16ClN3O/c14-10-3-4-13-16-11(8-17(13)7-10)5-15-6-12(18)9-1-2-9/h3-4,7-9,12,15,18H,1-2,5-6H2. The first-order valence-corrected chi connectivity index (χ1v) is 6.62. The van der Waals surface area contributed by atoms with E-state index in [1.165, 1.54) is 0 Å². The fraction of sp³-hybridized carbons (Fsp3) is 0.462. The lowest BCUT2D eigenvalue weighted by atomic mass is 10.2. The lowest BCUT2D eigenvalue weighted by Crippen LogP contribution is -2.27. The quantitative estimate of drug-likeness (QED) is 0.867. The van der Waals surface area contributed by atoms with Crippen LogP contribution in [-0.4, -0.2) is 27.1 Å². The van der Waals surface area contributed by atoms with Crippen molar-refractivity contribution in [3.8, 4) is 0 Å². The van der Waals surface area contributed by atoms with Crippen molar-refractivity contribution in [3.63, 3.8) is 0 Å². The van der Waals surface area contributed by atoms with E-state index in [0.29, 0.717) is 24.0 Å². The Labute approximate surface area is 111 Å². The summed E-state index contributed by atoms with van der Waals surface area (Å²) in [6, 6.07) is 3.73. The summed E-state index contributed by atoms with van der Waals surface area (Å²) in [5.41, 5.74) is 1.85. The van der Waals surface area contributed by atoms with Crippen molar-refractivity contribution in [1.29, 1.82) is 0 Å². The molecule has 2 aromatic rings. The molecule has 0 spiro atoms. The summed E-state index contributed by atoms with van der Waals surface area (Å²) in [6.45, 7) is 1.31. The largest absolute Gasteiger partial charge is 0.392 e. The number of nitrogens with zero attached hydrogens (tertiary/aromatic N) is 2. The minimum absolute atomic E-state index is 0.212. The van der Waals surface area contributed by atoms with Gasteiger partial charge in [0.2, 0.25) is 0 Å². The molecule has 5 heteroatoms. The minimum Gasteiger partial charge on any atom is -0.392 e. The highest BCUT2D eigenvalue weighted by atomic mass is 35.5. The van der Waals surface area contributed by atoms with Gasteiger partial charge in [-0.1, -0.05) is 11.6 Å². The van der Waals surface area contributed by atoms with Crippen LogP contribution in [0.1, 0.15) is 18.5 Å². The summed E-state index contributed by atoms with van der Waals surface area (Å²) in [5, 5.41) is 13.7. The van der Waals surface area contributed by atoms with E-state index in [0.717, 1.165) is 24.2 Å². The number of hydrogen-bond donors (Lipinski definition) is 2. The summed E-state index contributed by atoms with van der Waals surface area (Å²) in [4.78, 5) is 4.47. The predicted molar refractivity (Wildman–Crippen MR) is 70.6 cm³/mol. The molecule has 1 aliphatic carbocycles. The van der Waals surface area contributed by atoms with Crippen LogP contribution in [0.3, 0.4) is 0 Å². The predicted octanol–water partition coefficient (Wildman–Crippen LogP) is 1.85. The van der Waals surface area contributed by atoms with E-state index in [4.69, 9.17) is 11.6 Å². The third kappa shape index (κ3) is 2.66. The van der Waals surface area contributed by atoms with Crippen LogP contribution in [0, 0.1) is 5.92 Å². The molecule has 0 saturated heterocycles. The zero-order chi connectivity index (χ0) is 12.5. The number of halogens is 1. The topological polar surface area (TPSA) is 49.6 Å². The molecule has 3 rings (SSSR count). The average Bonchev–Trinajstić information content (AvgIpc) is 3.11. The fourth-order valence-corrected chi connectivity index (χ4v) is 2.27. The SMILES string of the molecule is OC(CNCc1cn2cc(Cl)ccc2n1)C1CC1. The number of aliphatic hydroxyl groups excluding tert-OH is 1. The molecule has 1 unspecified atom stereocenters. The first kappa shape index (κ1) is 12.0. The fourth-order valence-electron chi connectivity index (χ4n) is 2.10. The molecule has 0 aromatic carbocycles. The van der Waals surface area contributed by atoms with Crippen molar-refractivity contribution in [2.75, 3.05) is 6.54 Å². The molecular formula is C13H16ClN3O. The maximum atomic E-state index is 9.74. The van der Waals surface area contributed by atoms with E-state index >= 15 is 0 Å². The van der Waals surface area contributed by atoms with E-state index in [2.05, 4.69) is 10.3 Å². The van der Waals surface area contributed by atoms with Crippen molar-refractivity contribution in [3.05, 3.63) is 35.2 Å². The molecule has 1 atom stereocenters. The third-order valence-corrected chi connectivity index (χ3v) is 3.51. The molecule has 1 aliphatic rings. The summed E-state index contributed by atoms with van der Waals surface area (Å²) in [6.07, 6.45) is 5.91. The van der Waals surface area contributed by atoms with Crippen LogP contribution in [0.15, 0.2) is 24.5 Å². The van der Waals surface area contributed by atoms with Crippen molar-refractivity contribution in [1.82, 2.24) is 14.7 Å². The maximum absolute atomic E-state index is 9.74. The van der Waals surface area contributed by atoms with Crippen molar-refractivity contribution < 1.29 is 5.11 Å². The highest BCUT2D eigenvalue weighted by molar-refractivity contribution is 6.30. The van der Waals surface area contributed by atoms with Crippen LogP contribution in [0.25, 0.3) is 5.65 Å². The Balaban J connectivity index is 1.60. The minimum atomic E-state index is -0.212. The smallest absolute Gasteiger partial charge is 0.137 e. The summed E-state index contributed by atoms with van der Waals surface area (Å²) < 4.78 is 1.91. The number of imidazole rings is 1. The first-order valence-electron chi connectivity index (χ1n) is 6.24. The molecule has 96 valence electrons. The Kier molecular flexibility index (Phi) is 3.24. The summed E-state index contributed by atoms with van der Waals surface area (Å²) in [5.74, 6) is 0.511. The molecule has 4 nitrogen and oxygen atoms in total. The van der Waals surface area contributed by atoms with Gasteiger partial charge >= 0.3 is 0 Å². The van der Waals surface area contributed by atoms with Crippen LogP contribution < -0.4 is 5.32 Å². The number of aromatic nitrogens is 2. The zero-order valence-corrected chi connectivity index (χ0v) is 10.8. The monoisotopic (exact) mass is 265 g/mol. The zero-order valence-electron chi connectivity index (χ0n) is 10.0. The van der Waals surface area contributed by atoms with Crippen LogP contribution in [0.5, 0.6) is 0 Å². The van der Waals surface area contributed by atoms with E-state index in [-0.39, 0.29) is 6.10 Å². The van der Waals surface area contributed by atoms with Gasteiger partial charge in [0.1, 0.15) is 5.65 Å². The molecule has 0 amide bonds. The second-order valence-electron chi connectivity index (χ2n) is 4.88. The molecule has 0 aliphatic heterocycles. The average molecular weight is 266 g/mol. The van der Waals surface area contributed by atoms with Crippen LogP contribution in [0.2, 0.25) is 5.02 Å². The van der Waals surface area contributed by atoms with E-state index in [1.807, 2.05) is 28.9 Å². The Hall–Kier alpha value is -1.10. The Morgan fingerprint density at radius 1 is 1.44 bits per heavy atom. The number of nitrogens with one attached hydrogen (secondary N) is 1. The number of hydrogen-bond acceptors (Lipinski definition) is 3. The van der Waals surface area contributed by atoms with E-state index in [9.17, 15) is 5.11 Å². The molecule has 1 saturated carbocycles. The second kappa shape index (κ2) is 4.88. The number of fused-ring (bicyclic) bond motifs is 1. The summed E-state index contributed by atoms with van der Waals surface area (Å²) in [7, 11) is 0. The van der Waals surface area contributed by atoms with Gasteiger partial charge in [0, 0.05) is 25.5 Å². The van der Waals surface area contributed by atoms with Crippen molar-refractivity contribution >= 4 is 17.2 Å². The van der Waals surface area contributed by atoms with Crippen molar-refractivity contribution in [2.45, 2.75) is 25.5 Å². The van der Waals surface area contributed by atoms with E-state index < -0.39 is 0 Å². The van der Waals surface area contributed by atoms with Gasteiger partial charge in [0.05, 0.1) is 16.8 Å². The molecule has 1 fully saturated rings. The van der Waals surface area contributed by atoms with Gasteiger partial charge in [-0.15, -0.1) is 0 Å². The molecule has 2 aromatic heterocycles. The van der Waals surface area contributed by atoms with Gasteiger partial charge in [-0.25, -0.2) is 4.98 Å². The summed E-state index contributed by atoms with van der Waals surface area (Å²) >= 11 is 5.92. The molecule has 0 bridgehead atoms. The molecule has 2 N–H and O–H groups in total. The van der Waals surface area contributed by atoms with Crippen LogP contribution >= 0.6 is 11.6 Å². The van der Waals surface area contributed by atoms with Crippen molar-refractivity contribution in [2.24, 2.45) is 5.92 Å². The van der Waals surface area contributed by atoms with Gasteiger partial charge in [-0.3, -0.25) is 0 Å². The molecule has 18 heavy (non-hydrogen) atoms. The Morgan fingerprint density at radius 2 is 2.28 bits per heavy atom. The number of pyridine rings is 1. The van der Waals surface area contributed by atoms with Crippen LogP contribution in [0.4, 0.5) is 0 Å². The third-order valence-electron chi connectivity index (χ3n) is 3.29. The second-order valence-corrected chi connectivity index (χ2v) is 5.32. The number of rotatable bonds is 5. The van der Waals surface area contributed by atoms with Crippen LogP contribution in [-0.2, 0) is 6.54 Å². The Bertz CT molecular complexity index is 550. The van der Waals surface area contributed by atoms with Gasteiger partial charge in [0.25, 0.3) is 0 Å². The lowest BCUT2D eigenvalue weighted by Gasteiger charge is -2.08. The number of aliphatic hydroxyl groups is 1. The normalized spacial score (nSPS) is 17.2. The molecular weight excluding hydrogens is 250 g/mol. The van der Waals surface area contributed by atoms with Gasteiger partial charge in [-0.2, -0.15) is 0 Å². The molecule has 0 radical (unpaired) electrons. The first-order chi connectivity index (χ1) is 8.72. The lowest BCUT2D eigenvalue weighted by molar-refractivity contribution is 0.148. The molecule has 2 heterocycles. The van der Waals surface area contributed by atoms with Gasteiger partial charge < -0.3 is 14.8 Å². The Morgan fingerprint density at radius 3 is 3.06 bits per heavy atom.